The van der Waals surface area contributed by atoms with Crippen LogP contribution in [0.1, 0.15) is 23.2 Å². The Morgan fingerprint density at radius 2 is 1.90 bits per heavy atom. The van der Waals surface area contributed by atoms with Crippen LogP contribution in [0.2, 0.25) is 0 Å². The first kappa shape index (κ1) is 19.5. The molecule has 0 aliphatic carbocycles. The first-order valence-corrected chi connectivity index (χ1v) is 11.1. The van der Waals surface area contributed by atoms with E-state index in [1.165, 1.54) is 11.0 Å². The van der Waals surface area contributed by atoms with Crippen molar-refractivity contribution < 1.29 is 22.4 Å². The summed E-state index contributed by atoms with van der Waals surface area (Å²) >= 11 is 0. The van der Waals surface area contributed by atoms with Crippen molar-refractivity contribution in [1.29, 1.82) is 0 Å². The minimum atomic E-state index is -3.42. The van der Waals surface area contributed by atoms with Crippen LogP contribution in [-0.4, -0.2) is 50.0 Å². The second-order valence-corrected chi connectivity index (χ2v) is 9.14. The average Bonchev–Trinajstić information content (AvgIpc) is 2.76. The van der Waals surface area contributed by atoms with E-state index in [1.807, 2.05) is 0 Å². The summed E-state index contributed by atoms with van der Waals surface area (Å²) in [5, 5.41) is 2.76. The number of anilines is 1. The standard InChI is InChI=1S/C20H20FN3O4S/c1-29(27,28)23-13-8-9-24-18(11-13)19(25)22-17-7-6-12(10-15(17)20(24)26)14-4-2-3-5-16(14)21/h2-7,10,13,18,23H,8-9,11H2,1H3,(H,22,25)/t13-,18+/m1/s1. The number of sulfonamides is 1. The normalized spacial score (nSPS) is 21.8. The smallest absolute Gasteiger partial charge is 0.256 e. The van der Waals surface area contributed by atoms with Gasteiger partial charge in [-0.2, -0.15) is 0 Å². The van der Waals surface area contributed by atoms with Crippen LogP contribution in [0.4, 0.5) is 10.1 Å². The molecule has 2 aliphatic heterocycles. The van der Waals surface area contributed by atoms with Crippen molar-refractivity contribution in [2.45, 2.75) is 24.9 Å². The van der Waals surface area contributed by atoms with Gasteiger partial charge in [-0.25, -0.2) is 17.5 Å². The third kappa shape index (κ3) is 3.88. The number of nitrogens with zero attached hydrogens (tertiary/aromatic N) is 1. The average molecular weight is 417 g/mol. The van der Waals surface area contributed by atoms with Gasteiger partial charge in [0.1, 0.15) is 11.9 Å². The van der Waals surface area contributed by atoms with Crippen LogP contribution in [0.5, 0.6) is 0 Å². The van der Waals surface area contributed by atoms with Crippen molar-refractivity contribution in [3.05, 3.63) is 53.8 Å². The van der Waals surface area contributed by atoms with Gasteiger partial charge in [0.25, 0.3) is 5.91 Å². The predicted octanol–water partition coefficient (Wildman–Crippen LogP) is 1.97. The van der Waals surface area contributed by atoms with Gasteiger partial charge in [0.05, 0.1) is 17.5 Å². The highest BCUT2D eigenvalue weighted by molar-refractivity contribution is 7.88. The van der Waals surface area contributed by atoms with Crippen LogP contribution in [0.25, 0.3) is 11.1 Å². The van der Waals surface area contributed by atoms with Gasteiger partial charge in [0, 0.05) is 18.2 Å². The molecule has 2 atom stereocenters. The predicted molar refractivity (Wildman–Crippen MR) is 106 cm³/mol. The molecule has 7 nitrogen and oxygen atoms in total. The van der Waals surface area contributed by atoms with Gasteiger partial charge in [-0.05, 0) is 36.6 Å². The van der Waals surface area contributed by atoms with E-state index >= 15 is 0 Å². The molecule has 2 amide bonds. The Hall–Kier alpha value is -2.78. The number of rotatable bonds is 3. The number of carbonyl (C=O) groups is 2. The summed E-state index contributed by atoms with van der Waals surface area (Å²) in [4.78, 5) is 27.4. The lowest BCUT2D eigenvalue weighted by molar-refractivity contribution is -0.121. The molecule has 1 fully saturated rings. The molecule has 2 aliphatic rings. The Labute approximate surface area is 168 Å². The van der Waals surface area contributed by atoms with Crippen molar-refractivity contribution in [2.24, 2.45) is 0 Å². The van der Waals surface area contributed by atoms with Crippen molar-refractivity contribution in [3.63, 3.8) is 0 Å². The molecule has 2 N–H and O–H groups in total. The first-order chi connectivity index (χ1) is 13.7. The lowest BCUT2D eigenvalue weighted by Gasteiger charge is -2.37. The fourth-order valence-electron chi connectivity index (χ4n) is 3.93. The van der Waals surface area contributed by atoms with E-state index in [0.717, 1.165) is 6.26 Å². The van der Waals surface area contributed by atoms with E-state index in [2.05, 4.69) is 10.0 Å². The molecule has 0 saturated carbocycles. The molecule has 2 aromatic rings. The van der Waals surface area contributed by atoms with E-state index in [-0.39, 0.29) is 30.3 Å². The number of hydrogen-bond acceptors (Lipinski definition) is 4. The van der Waals surface area contributed by atoms with Crippen LogP contribution in [0.3, 0.4) is 0 Å². The number of amides is 2. The number of piperidine rings is 1. The minimum Gasteiger partial charge on any atom is -0.326 e. The van der Waals surface area contributed by atoms with E-state index < -0.39 is 27.9 Å². The summed E-state index contributed by atoms with van der Waals surface area (Å²) in [6, 6.07) is 9.92. The van der Waals surface area contributed by atoms with Crippen LogP contribution in [-0.2, 0) is 14.8 Å². The van der Waals surface area contributed by atoms with Crippen LogP contribution in [0.15, 0.2) is 42.5 Å². The lowest BCUT2D eigenvalue weighted by atomic mass is 9.96. The number of halogens is 1. The zero-order valence-electron chi connectivity index (χ0n) is 15.7. The van der Waals surface area contributed by atoms with Crippen molar-refractivity contribution in [3.8, 4) is 11.1 Å². The van der Waals surface area contributed by atoms with Gasteiger partial charge in [-0.3, -0.25) is 9.59 Å². The largest absolute Gasteiger partial charge is 0.326 e. The molecule has 0 radical (unpaired) electrons. The van der Waals surface area contributed by atoms with Crippen molar-refractivity contribution in [2.75, 3.05) is 18.1 Å². The molecule has 29 heavy (non-hydrogen) atoms. The fourth-order valence-corrected chi connectivity index (χ4v) is 4.75. The third-order valence-electron chi connectivity index (χ3n) is 5.24. The molecule has 152 valence electrons. The summed E-state index contributed by atoms with van der Waals surface area (Å²) in [5.74, 6) is -1.10. The summed E-state index contributed by atoms with van der Waals surface area (Å²) in [6.45, 7) is 0.244. The van der Waals surface area contributed by atoms with E-state index in [0.29, 0.717) is 23.2 Å². The maximum Gasteiger partial charge on any atom is 0.256 e. The fraction of sp³-hybridized carbons (Fsp3) is 0.300. The van der Waals surface area contributed by atoms with Gasteiger partial charge in [0.2, 0.25) is 15.9 Å². The maximum atomic E-state index is 14.2. The molecule has 2 aromatic carbocycles. The Balaban J connectivity index is 1.67. The summed E-state index contributed by atoms with van der Waals surface area (Å²) in [5.41, 5.74) is 1.56. The second-order valence-electron chi connectivity index (χ2n) is 7.36. The lowest BCUT2D eigenvalue weighted by Crippen LogP contribution is -2.54. The van der Waals surface area contributed by atoms with Crippen molar-refractivity contribution >= 4 is 27.5 Å². The maximum absolute atomic E-state index is 14.2. The topological polar surface area (TPSA) is 95.6 Å². The molecule has 4 rings (SSSR count). The van der Waals surface area contributed by atoms with Gasteiger partial charge >= 0.3 is 0 Å². The molecule has 2 heterocycles. The quantitative estimate of drug-likeness (QED) is 0.798. The number of benzene rings is 2. The number of hydrogen-bond donors (Lipinski definition) is 2. The van der Waals surface area contributed by atoms with E-state index in [4.69, 9.17) is 0 Å². The second kappa shape index (κ2) is 7.23. The molecular weight excluding hydrogens is 397 g/mol. The van der Waals surface area contributed by atoms with E-state index in [1.54, 1.807) is 36.4 Å². The molecule has 0 spiro atoms. The minimum absolute atomic E-state index is 0.193. The number of fused-ring (bicyclic) bond motifs is 2. The molecule has 0 unspecified atom stereocenters. The van der Waals surface area contributed by atoms with Gasteiger partial charge in [-0.1, -0.05) is 24.3 Å². The van der Waals surface area contributed by atoms with Gasteiger partial charge < -0.3 is 10.2 Å². The summed E-state index contributed by atoms with van der Waals surface area (Å²) in [7, 11) is -3.42. The van der Waals surface area contributed by atoms with Crippen LogP contribution < -0.4 is 10.0 Å². The highest BCUT2D eigenvalue weighted by Crippen LogP contribution is 2.32. The van der Waals surface area contributed by atoms with Crippen LogP contribution in [0, 0.1) is 5.82 Å². The van der Waals surface area contributed by atoms with Crippen molar-refractivity contribution in [1.82, 2.24) is 9.62 Å². The highest BCUT2D eigenvalue weighted by Gasteiger charge is 2.40. The summed E-state index contributed by atoms with van der Waals surface area (Å²) in [6.07, 6.45) is 1.67. The Bertz CT molecular complexity index is 1100. The molecule has 1 saturated heterocycles. The molecular formula is C20H20FN3O4S. The third-order valence-corrected chi connectivity index (χ3v) is 6.00. The Morgan fingerprint density at radius 1 is 1.14 bits per heavy atom. The molecule has 9 heteroatoms. The highest BCUT2D eigenvalue weighted by atomic mass is 32.2. The number of carbonyl (C=O) groups excluding carboxylic acids is 2. The molecule has 0 aromatic heterocycles. The number of nitrogens with one attached hydrogen (secondary N) is 2. The molecule has 0 bridgehead atoms. The van der Waals surface area contributed by atoms with Gasteiger partial charge in [0.15, 0.2) is 0 Å². The van der Waals surface area contributed by atoms with Crippen LogP contribution >= 0.6 is 0 Å². The summed E-state index contributed by atoms with van der Waals surface area (Å²) < 4.78 is 39.7. The Kier molecular flexibility index (Phi) is 4.87. The van der Waals surface area contributed by atoms with E-state index in [9.17, 15) is 22.4 Å². The first-order valence-electron chi connectivity index (χ1n) is 9.21. The zero-order chi connectivity index (χ0) is 20.8. The van der Waals surface area contributed by atoms with Gasteiger partial charge in [-0.15, -0.1) is 0 Å². The SMILES string of the molecule is CS(=O)(=O)N[C@@H]1CCN2C(=O)c3cc(-c4ccccc4F)ccc3NC(=O)[C@@H]2C1. The monoisotopic (exact) mass is 417 g/mol. The Morgan fingerprint density at radius 3 is 2.62 bits per heavy atom. The zero-order valence-corrected chi connectivity index (χ0v) is 16.5.